The second kappa shape index (κ2) is 5.07. The van der Waals surface area contributed by atoms with E-state index in [1.807, 2.05) is 4.90 Å². The molecule has 1 aromatic heterocycles. The quantitative estimate of drug-likeness (QED) is 0.474. The fourth-order valence-electron chi connectivity index (χ4n) is 2.43. The first kappa shape index (κ1) is 12.8. The Morgan fingerprint density at radius 1 is 1.26 bits per heavy atom. The number of rotatable bonds is 2. The predicted octanol–water partition coefficient (Wildman–Crippen LogP) is 2.24. The van der Waals surface area contributed by atoms with E-state index in [1.54, 1.807) is 6.07 Å². The van der Waals surface area contributed by atoms with E-state index in [4.69, 9.17) is 11.6 Å². The molecule has 100 valence electrons. The number of nitro benzene ring substituents is 1. The fourth-order valence-corrected chi connectivity index (χ4v) is 3.96. The molecule has 3 rings (SSSR count). The van der Waals surface area contributed by atoms with E-state index in [-0.39, 0.29) is 25.6 Å². The van der Waals surface area contributed by atoms with E-state index in [0.717, 1.165) is 25.9 Å². The zero-order valence-electron chi connectivity index (χ0n) is 10.0. The Bertz CT molecular complexity index is 639. The van der Waals surface area contributed by atoms with Gasteiger partial charge < -0.3 is 0 Å². The SMILES string of the molecule is O=[N+]([O-])c1c(N2CCCCC2)cc(Cl)c2n[se]nc12. The van der Waals surface area contributed by atoms with Gasteiger partial charge >= 0.3 is 120 Å². The van der Waals surface area contributed by atoms with Gasteiger partial charge in [0, 0.05) is 0 Å². The van der Waals surface area contributed by atoms with Crippen molar-refractivity contribution in [3.63, 3.8) is 0 Å². The molecule has 0 bridgehead atoms. The minimum absolute atomic E-state index is 0.0597. The van der Waals surface area contributed by atoms with Gasteiger partial charge in [0.2, 0.25) is 0 Å². The van der Waals surface area contributed by atoms with Crippen LogP contribution in [-0.2, 0) is 0 Å². The van der Waals surface area contributed by atoms with Crippen LogP contribution in [0.25, 0.3) is 11.0 Å². The van der Waals surface area contributed by atoms with E-state index in [0.29, 0.717) is 21.7 Å². The molecule has 2 aromatic rings. The molecule has 1 aliphatic heterocycles. The molecule has 1 saturated heterocycles. The number of nitrogens with zero attached hydrogens (tertiary/aromatic N) is 4. The predicted molar refractivity (Wildman–Crippen MR) is 74.2 cm³/mol. The number of anilines is 1. The summed E-state index contributed by atoms with van der Waals surface area (Å²) >= 11 is 5.86. The summed E-state index contributed by atoms with van der Waals surface area (Å²) in [6.07, 6.45) is 3.28. The van der Waals surface area contributed by atoms with E-state index < -0.39 is 0 Å². The van der Waals surface area contributed by atoms with Crippen LogP contribution in [0.15, 0.2) is 6.07 Å². The van der Waals surface area contributed by atoms with Crippen molar-refractivity contribution < 1.29 is 4.92 Å². The first-order valence-electron chi connectivity index (χ1n) is 6.02. The Morgan fingerprint density at radius 2 is 1.95 bits per heavy atom. The van der Waals surface area contributed by atoms with Gasteiger partial charge in [-0.3, -0.25) is 0 Å². The Balaban J connectivity index is 2.21. The van der Waals surface area contributed by atoms with Crippen LogP contribution in [-0.4, -0.2) is 40.9 Å². The Kier molecular flexibility index (Phi) is 3.43. The second-order valence-corrected chi connectivity index (χ2v) is 6.01. The molecule has 0 atom stereocenters. The first-order chi connectivity index (χ1) is 9.18. The third kappa shape index (κ3) is 2.22. The molecule has 0 radical (unpaired) electrons. The number of nitro groups is 1. The van der Waals surface area contributed by atoms with Crippen molar-refractivity contribution in [2.45, 2.75) is 19.3 Å². The molecular formula is C11H11ClN4O2Se. The first-order valence-corrected chi connectivity index (χ1v) is 7.93. The van der Waals surface area contributed by atoms with Crippen LogP contribution < -0.4 is 4.90 Å². The van der Waals surface area contributed by atoms with E-state index >= 15 is 0 Å². The topological polar surface area (TPSA) is 72.2 Å². The second-order valence-electron chi connectivity index (χ2n) is 4.49. The third-order valence-electron chi connectivity index (χ3n) is 3.32. The van der Waals surface area contributed by atoms with Gasteiger partial charge in [-0.1, -0.05) is 0 Å². The number of piperidine rings is 1. The maximum absolute atomic E-state index is 11.4. The van der Waals surface area contributed by atoms with Crippen LogP contribution in [0.1, 0.15) is 19.3 Å². The van der Waals surface area contributed by atoms with Crippen molar-refractivity contribution in [3.8, 4) is 0 Å². The molecule has 0 unspecified atom stereocenters. The maximum atomic E-state index is 11.4. The molecule has 1 aromatic carbocycles. The van der Waals surface area contributed by atoms with Crippen molar-refractivity contribution >= 4 is 49.0 Å². The number of halogens is 1. The average Bonchev–Trinajstić information content (AvgIpc) is 2.88. The van der Waals surface area contributed by atoms with Crippen molar-refractivity contribution in [2.75, 3.05) is 18.0 Å². The van der Waals surface area contributed by atoms with Crippen molar-refractivity contribution in [1.29, 1.82) is 0 Å². The minimum atomic E-state index is -0.362. The van der Waals surface area contributed by atoms with Crippen LogP contribution in [0.2, 0.25) is 5.02 Å². The summed E-state index contributed by atoms with van der Waals surface area (Å²) in [4.78, 5) is 13.1. The standard InChI is InChI=1S/C11H11ClN4O2Se/c12-7-6-8(15-4-2-1-3-5-15)11(16(17)18)10-9(7)13-19-14-10/h6H,1-5H2. The molecule has 0 spiro atoms. The third-order valence-corrected chi connectivity index (χ3v) is 4.72. The Hall–Kier alpha value is -1.17. The molecule has 8 heteroatoms. The van der Waals surface area contributed by atoms with Crippen molar-refractivity contribution in [3.05, 3.63) is 21.2 Å². The Morgan fingerprint density at radius 3 is 2.63 bits per heavy atom. The molecule has 0 N–H and O–H groups in total. The molecule has 19 heavy (non-hydrogen) atoms. The monoisotopic (exact) mass is 346 g/mol. The van der Waals surface area contributed by atoms with Gasteiger partial charge in [-0.25, -0.2) is 0 Å². The van der Waals surface area contributed by atoms with Gasteiger partial charge in [0.15, 0.2) is 0 Å². The summed E-state index contributed by atoms with van der Waals surface area (Å²) in [6, 6.07) is 1.67. The summed E-state index contributed by atoms with van der Waals surface area (Å²) in [6.45, 7) is 1.66. The van der Waals surface area contributed by atoms with Crippen LogP contribution in [0.4, 0.5) is 11.4 Å². The summed E-state index contributed by atoms with van der Waals surface area (Å²) < 4.78 is 8.35. The van der Waals surface area contributed by atoms with Gasteiger partial charge in [0.25, 0.3) is 0 Å². The average molecular weight is 346 g/mol. The summed E-state index contributed by atoms with van der Waals surface area (Å²) in [5.41, 5.74) is 1.49. The van der Waals surface area contributed by atoms with Crippen LogP contribution in [0.5, 0.6) is 0 Å². The number of aromatic nitrogens is 2. The van der Waals surface area contributed by atoms with Crippen LogP contribution >= 0.6 is 11.6 Å². The van der Waals surface area contributed by atoms with E-state index in [9.17, 15) is 10.1 Å². The summed E-state index contributed by atoms with van der Waals surface area (Å²) in [5.74, 6) is 0. The molecule has 2 heterocycles. The van der Waals surface area contributed by atoms with Crippen molar-refractivity contribution in [1.82, 2.24) is 7.96 Å². The van der Waals surface area contributed by atoms with Gasteiger partial charge in [0.1, 0.15) is 0 Å². The molecule has 1 fully saturated rings. The van der Waals surface area contributed by atoms with Crippen LogP contribution in [0, 0.1) is 10.1 Å². The molecular weight excluding hydrogens is 335 g/mol. The van der Waals surface area contributed by atoms with E-state index in [2.05, 4.69) is 7.96 Å². The normalized spacial score (nSPS) is 15.9. The molecule has 1 aliphatic rings. The number of fused-ring (bicyclic) bond motifs is 1. The van der Waals surface area contributed by atoms with Crippen LogP contribution in [0.3, 0.4) is 0 Å². The number of hydrogen-bond acceptors (Lipinski definition) is 5. The molecule has 0 saturated carbocycles. The van der Waals surface area contributed by atoms with E-state index in [1.165, 1.54) is 6.42 Å². The van der Waals surface area contributed by atoms with Crippen molar-refractivity contribution in [2.24, 2.45) is 0 Å². The number of hydrogen-bond donors (Lipinski definition) is 0. The Labute approximate surface area is 120 Å². The molecule has 0 amide bonds. The molecule has 6 nitrogen and oxygen atoms in total. The van der Waals surface area contributed by atoms with Gasteiger partial charge in [0.05, 0.1) is 0 Å². The van der Waals surface area contributed by atoms with Gasteiger partial charge in [-0.2, -0.15) is 0 Å². The fraction of sp³-hybridized carbons (Fsp3) is 0.455. The molecule has 0 aliphatic carbocycles. The summed E-state index contributed by atoms with van der Waals surface area (Å²) in [7, 11) is 0. The van der Waals surface area contributed by atoms with Gasteiger partial charge in [-0.15, -0.1) is 0 Å². The number of benzene rings is 1. The van der Waals surface area contributed by atoms with Gasteiger partial charge in [-0.05, 0) is 0 Å². The zero-order valence-corrected chi connectivity index (χ0v) is 12.5. The zero-order chi connectivity index (χ0) is 13.4. The summed E-state index contributed by atoms with van der Waals surface area (Å²) in [5, 5.41) is 11.8.